The van der Waals surface area contributed by atoms with Gasteiger partial charge in [0.15, 0.2) is 9.84 Å². The third-order valence-electron chi connectivity index (χ3n) is 3.36. The zero-order chi connectivity index (χ0) is 13.8. The largest absolute Gasteiger partial charge is 0.385 e. The van der Waals surface area contributed by atoms with E-state index in [1.807, 2.05) is 12.1 Å². The van der Waals surface area contributed by atoms with E-state index in [4.69, 9.17) is 0 Å². The van der Waals surface area contributed by atoms with Crippen molar-refractivity contribution < 1.29 is 8.42 Å². The molecule has 1 atom stereocenters. The van der Waals surface area contributed by atoms with Crippen LogP contribution in [0.15, 0.2) is 29.2 Å². The Balaban J connectivity index is 2.67. The fraction of sp³-hybridized carbons (Fsp3) is 0.571. The van der Waals surface area contributed by atoms with Crippen molar-refractivity contribution in [2.45, 2.75) is 32.6 Å². The van der Waals surface area contributed by atoms with Gasteiger partial charge in [-0.3, -0.25) is 0 Å². The van der Waals surface area contributed by atoms with Gasteiger partial charge in [-0.1, -0.05) is 27.7 Å². The summed E-state index contributed by atoms with van der Waals surface area (Å²) in [5.74, 6) is 1.37. The Hall–Kier alpha value is -1.03. The van der Waals surface area contributed by atoms with Gasteiger partial charge in [0.25, 0.3) is 0 Å². The molecular formula is C14H23NO2S. The van der Waals surface area contributed by atoms with Gasteiger partial charge in [0.2, 0.25) is 0 Å². The van der Waals surface area contributed by atoms with Gasteiger partial charge in [0.05, 0.1) is 10.6 Å². The highest BCUT2D eigenvalue weighted by molar-refractivity contribution is 7.91. The molecule has 1 aromatic rings. The Labute approximate surface area is 111 Å². The first kappa shape index (κ1) is 15.0. The molecule has 1 rings (SSSR count). The van der Waals surface area contributed by atoms with Crippen LogP contribution >= 0.6 is 0 Å². The van der Waals surface area contributed by atoms with Gasteiger partial charge in [0, 0.05) is 12.2 Å². The van der Waals surface area contributed by atoms with Crippen molar-refractivity contribution in [1.82, 2.24) is 0 Å². The van der Waals surface area contributed by atoms with Crippen LogP contribution in [0.3, 0.4) is 0 Å². The molecule has 4 heteroatoms. The van der Waals surface area contributed by atoms with Crippen LogP contribution < -0.4 is 5.32 Å². The summed E-state index contributed by atoms with van der Waals surface area (Å²) in [6.07, 6.45) is 0. The molecule has 1 aromatic carbocycles. The lowest BCUT2D eigenvalue weighted by Gasteiger charge is -2.17. The van der Waals surface area contributed by atoms with Crippen LogP contribution in [-0.4, -0.2) is 20.7 Å². The maximum Gasteiger partial charge on any atom is 0.178 e. The van der Waals surface area contributed by atoms with Crippen molar-refractivity contribution >= 4 is 15.5 Å². The first-order chi connectivity index (χ1) is 8.36. The molecule has 0 saturated heterocycles. The summed E-state index contributed by atoms with van der Waals surface area (Å²) in [4.78, 5) is 0.396. The Morgan fingerprint density at radius 3 is 2.11 bits per heavy atom. The molecule has 0 aliphatic heterocycles. The Morgan fingerprint density at radius 2 is 1.67 bits per heavy atom. The second-order valence-corrected chi connectivity index (χ2v) is 7.31. The van der Waals surface area contributed by atoms with Crippen molar-refractivity contribution in [2.75, 3.05) is 17.6 Å². The number of sulfone groups is 1. The lowest BCUT2D eigenvalue weighted by atomic mass is 9.98. The molecule has 0 aromatic heterocycles. The Bertz CT molecular complexity index is 463. The van der Waals surface area contributed by atoms with Crippen molar-refractivity contribution in [3.63, 3.8) is 0 Å². The Kier molecular flexibility index (Phi) is 5.20. The normalized spacial score (nSPS) is 13.6. The van der Waals surface area contributed by atoms with Crippen molar-refractivity contribution in [1.29, 1.82) is 0 Å². The maximum atomic E-state index is 11.6. The minimum absolute atomic E-state index is 0.143. The molecule has 3 nitrogen and oxygen atoms in total. The van der Waals surface area contributed by atoms with Crippen LogP contribution in [0.2, 0.25) is 0 Å². The highest BCUT2D eigenvalue weighted by Crippen LogP contribution is 2.16. The van der Waals surface area contributed by atoms with Crippen molar-refractivity contribution in [3.8, 4) is 0 Å². The minimum Gasteiger partial charge on any atom is -0.385 e. The summed E-state index contributed by atoms with van der Waals surface area (Å²) in [5, 5.41) is 3.33. The molecule has 1 unspecified atom stereocenters. The maximum absolute atomic E-state index is 11.6. The minimum atomic E-state index is -3.09. The van der Waals surface area contributed by atoms with Gasteiger partial charge in [-0.05, 0) is 36.1 Å². The molecule has 0 aliphatic rings. The zero-order valence-electron chi connectivity index (χ0n) is 11.6. The fourth-order valence-electron chi connectivity index (χ4n) is 1.46. The van der Waals surface area contributed by atoms with E-state index in [1.54, 1.807) is 19.1 Å². The molecule has 0 fully saturated rings. The second-order valence-electron chi connectivity index (χ2n) is 5.03. The highest BCUT2D eigenvalue weighted by Gasteiger charge is 2.11. The molecule has 18 heavy (non-hydrogen) atoms. The van der Waals surface area contributed by atoms with E-state index in [0.717, 1.165) is 12.2 Å². The number of rotatable bonds is 6. The summed E-state index contributed by atoms with van der Waals surface area (Å²) in [5.41, 5.74) is 0.970. The van der Waals surface area contributed by atoms with E-state index in [1.165, 1.54) is 0 Å². The van der Waals surface area contributed by atoms with Crippen LogP contribution in [0, 0.1) is 11.8 Å². The fourth-order valence-corrected chi connectivity index (χ4v) is 2.35. The predicted octanol–water partition coefficient (Wildman–Crippen LogP) is 3.18. The van der Waals surface area contributed by atoms with E-state index in [-0.39, 0.29) is 5.75 Å². The second kappa shape index (κ2) is 6.23. The average Bonchev–Trinajstić information content (AvgIpc) is 2.36. The number of hydrogen-bond acceptors (Lipinski definition) is 3. The van der Waals surface area contributed by atoms with Gasteiger partial charge < -0.3 is 5.32 Å². The molecule has 0 spiro atoms. The predicted molar refractivity (Wildman–Crippen MR) is 76.7 cm³/mol. The number of anilines is 1. The molecule has 0 heterocycles. The molecule has 0 saturated carbocycles. The lowest BCUT2D eigenvalue weighted by molar-refractivity contribution is 0.440. The standard InChI is InChI=1S/C14H23NO2S/c1-5-18(16,17)14-8-6-13(7-9-14)15-10-12(4)11(2)3/h6-9,11-12,15H,5,10H2,1-4H3. The lowest BCUT2D eigenvalue weighted by Crippen LogP contribution is -2.16. The van der Waals surface area contributed by atoms with Crippen LogP contribution in [-0.2, 0) is 9.84 Å². The molecule has 0 radical (unpaired) electrons. The zero-order valence-corrected chi connectivity index (χ0v) is 12.4. The van der Waals surface area contributed by atoms with E-state index in [2.05, 4.69) is 26.1 Å². The van der Waals surface area contributed by atoms with Crippen molar-refractivity contribution in [3.05, 3.63) is 24.3 Å². The first-order valence-corrected chi connectivity index (χ1v) is 8.08. The van der Waals surface area contributed by atoms with Gasteiger partial charge in [-0.15, -0.1) is 0 Å². The average molecular weight is 269 g/mol. The summed E-state index contributed by atoms with van der Waals surface area (Å²) < 4.78 is 23.3. The Morgan fingerprint density at radius 1 is 1.11 bits per heavy atom. The van der Waals surface area contributed by atoms with E-state index in [0.29, 0.717) is 16.7 Å². The quantitative estimate of drug-likeness (QED) is 0.862. The monoisotopic (exact) mass is 269 g/mol. The first-order valence-electron chi connectivity index (χ1n) is 6.43. The van der Waals surface area contributed by atoms with Crippen LogP contribution in [0.25, 0.3) is 0 Å². The topological polar surface area (TPSA) is 46.2 Å². The third kappa shape index (κ3) is 4.02. The van der Waals surface area contributed by atoms with Crippen LogP contribution in [0.4, 0.5) is 5.69 Å². The molecule has 102 valence electrons. The summed E-state index contributed by atoms with van der Waals surface area (Å²) >= 11 is 0. The molecule has 0 bridgehead atoms. The highest BCUT2D eigenvalue weighted by atomic mass is 32.2. The van der Waals surface area contributed by atoms with Crippen molar-refractivity contribution in [2.24, 2.45) is 11.8 Å². The SMILES string of the molecule is CCS(=O)(=O)c1ccc(NCC(C)C(C)C)cc1. The number of hydrogen-bond donors (Lipinski definition) is 1. The van der Waals surface area contributed by atoms with Crippen LogP contribution in [0.1, 0.15) is 27.7 Å². The number of nitrogens with one attached hydrogen (secondary N) is 1. The summed E-state index contributed by atoms with van der Waals surface area (Å²) in [6, 6.07) is 6.99. The smallest absolute Gasteiger partial charge is 0.178 e. The van der Waals surface area contributed by atoms with E-state index >= 15 is 0 Å². The molecule has 1 N–H and O–H groups in total. The summed E-state index contributed by atoms with van der Waals surface area (Å²) in [6.45, 7) is 9.16. The van der Waals surface area contributed by atoms with E-state index < -0.39 is 9.84 Å². The van der Waals surface area contributed by atoms with E-state index in [9.17, 15) is 8.42 Å². The molecule has 0 amide bonds. The van der Waals surface area contributed by atoms with Crippen LogP contribution in [0.5, 0.6) is 0 Å². The molecular weight excluding hydrogens is 246 g/mol. The van der Waals surface area contributed by atoms with Gasteiger partial charge in [-0.2, -0.15) is 0 Å². The van der Waals surface area contributed by atoms with Gasteiger partial charge in [-0.25, -0.2) is 8.42 Å². The summed E-state index contributed by atoms with van der Waals surface area (Å²) in [7, 11) is -3.09. The van der Waals surface area contributed by atoms with Gasteiger partial charge >= 0.3 is 0 Å². The number of benzene rings is 1. The third-order valence-corrected chi connectivity index (χ3v) is 5.11. The molecule has 0 aliphatic carbocycles. The van der Waals surface area contributed by atoms with Gasteiger partial charge in [0.1, 0.15) is 0 Å².